The number of benzene rings is 1. The summed E-state index contributed by atoms with van der Waals surface area (Å²) in [6, 6.07) is 3.86. The molecule has 78 valence electrons. The molecular weight excluding hydrogens is 172 g/mol. The Morgan fingerprint density at radius 1 is 1.29 bits per heavy atom. The average Bonchev–Trinajstić information content (AvgIpc) is 2.11. The number of hydrogen-bond acceptors (Lipinski definition) is 1. The molecule has 0 aliphatic heterocycles. The molecule has 0 aliphatic carbocycles. The third-order valence-corrected chi connectivity index (χ3v) is 2.74. The van der Waals surface area contributed by atoms with Crippen LogP contribution in [0.25, 0.3) is 0 Å². The zero-order chi connectivity index (χ0) is 10.7. The van der Waals surface area contributed by atoms with Gasteiger partial charge in [0.25, 0.3) is 0 Å². The number of aromatic hydroxyl groups is 1. The van der Waals surface area contributed by atoms with E-state index in [-0.39, 0.29) is 0 Å². The van der Waals surface area contributed by atoms with Crippen LogP contribution in [0.1, 0.15) is 49.8 Å². The molecule has 1 rings (SSSR count). The standard InChI is InChI=1S/C13H20O/c1-5-6-12-10(4)11(9(2)3)7-8-13(12)14/h7-9,14H,5-6H2,1-4H3. The van der Waals surface area contributed by atoms with Gasteiger partial charge in [0.15, 0.2) is 0 Å². The molecule has 0 unspecified atom stereocenters. The Morgan fingerprint density at radius 3 is 2.43 bits per heavy atom. The maximum atomic E-state index is 9.73. The van der Waals surface area contributed by atoms with Crippen molar-refractivity contribution in [2.24, 2.45) is 0 Å². The zero-order valence-corrected chi connectivity index (χ0v) is 9.59. The van der Waals surface area contributed by atoms with Crippen LogP contribution in [0.4, 0.5) is 0 Å². The summed E-state index contributed by atoms with van der Waals surface area (Å²) < 4.78 is 0. The maximum absolute atomic E-state index is 9.73. The summed E-state index contributed by atoms with van der Waals surface area (Å²) in [5.41, 5.74) is 3.74. The molecule has 0 aromatic heterocycles. The first-order chi connectivity index (χ1) is 6.57. The van der Waals surface area contributed by atoms with Crippen LogP contribution in [0.5, 0.6) is 5.75 Å². The van der Waals surface area contributed by atoms with Gasteiger partial charge < -0.3 is 5.11 Å². The Labute approximate surface area is 86.8 Å². The van der Waals surface area contributed by atoms with E-state index in [0.717, 1.165) is 18.4 Å². The zero-order valence-electron chi connectivity index (χ0n) is 9.59. The molecule has 0 bridgehead atoms. The van der Waals surface area contributed by atoms with Gasteiger partial charge in [-0.25, -0.2) is 0 Å². The molecule has 1 nitrogen and oxygen atoms in total. The fourth-order valence-corrected chi connectivity index (χ4v) is 1.95. The molecule has 0 spiro atoms. The van der Waals surface area contributed by atoms with Crippen molar-refractivity contribution in [3.63, 3.8) is 0 Å². The Hall–Kier alpha value is -0.980. The molecule has 1 aromatic carbocycles. The van der Waals surface area contributed by atoms with E-state index in [1.54, 1.807) is 0 Å². The second-order valence-electron chi connectivity index (χ2n) is 4.18. The first kappa shape index (κ1) is 11.1. The lowest BCUT2D eigenvalue weighted by Gasteiger charge is -2.15. The number of phenols is 1. The van der Waals surface area contributed by atoms with Crippen molar-refractivity contribution in [3.8, 4) is 5.75 Å². The Bertz CT molecular complexity index is 313. The topological polar surface area (TPSA) is 20.2 Å². The highest BCUT2D eigenvalue weighted by Crippen LogP contribution is 2.29. The van der Waals surface area contributed by atoms with Crippen molar-refractivity contribution >= 4 is 0 Å². The van der Waals surface area contributed by atoms with E-state index in [2.05, 4.69) is 27.7 Å². The smallest absolute Gasteiger partial charge is 0.119 e. The van der Waals surface area contributed by atoms with Gasteiger partial charge in [-0.3, -0.25) is 0 Å². The van der Waals surface area contributed by atoms with Crippen molar-refractivity contribution in [2.75, 3.05) is 0 Å². The van der Waals surface area contributed by atoms with Crippen LogP contribution < -0.4 is 0 Å². The van der Waals surface area contributed by atoms with Crippen molar-refractivity contribution in [2.45, 2.75) is 46.5 Å². The van der Waals surface area contributed by atoms with Gasteiger partial charge in [-0.05, 0) is 42.0 Å². The van der Waals surface area contributed by atoms with Gasteiger partial charge in [-0.1, -0.05) is 33.3 Å². The first-order valence-corrected chi connectivity index (χ1v) is 5.39. The number of hydrogen-bond donors (Lipinski definition) is 1. The SMILES string of the molecule is CCCc1c(O)ccc(C(C)C)c1C. The van der Waals surface area contributed by atoms with Gasteiger partial charge in [0.1, 0.15) is 5.75 Å². The molecule has 1 aromatic rings. The van der Waals surface area contributed by atoms with Crippen molar-refractivity contribution in [1.29, 1.82) is 0 Å². The fourth-order valence-electron chi connectivity index (χ4n) is 1.95. The van der Waals surface area contributed by atoms with E-state index >= 15 is 0 Å². The van der Waals surface area contributed by atoms with E-state index < -0.39 is 0 Å². The highest BCUT2D eigenvalue weighted by molar-refractivity contribution is 5.44. The quantitative estimate of drug-likeness (QED) is 0.772. The van der Waals surface area contributed by atoms with Gasteiger partial charge >= 0.3 is 0 Å². The van der Waals surface area contributed by atoms with Crippen LogP contribution in [0.15, 0.2) is 12.1 Å². The van der Waals surface area contributed by atoms with E-state index in [0.29, 0.717) is 11.7 Å². The van der Waals surface area contributed by atoms with E-state index in [1.165, 1.54) is 11.1 Å². The summed E-state index contributed by atoms with van der Waals surface area (Å²) in [6.45, 7) is 8.63. The van der Waals surface area contributed by atoms with Crippen molar-refractivity contribution in [1.82, 2.24) is 0 Å². The van der Waals surface area contributed by atoms with Gasteiger partial charge in [-0.15, -0.1) is 0 Å². The molecule has 0 saturated heterocycles. The Balaban J connectivity index is 3.19. The number of rotatable bonds is 3. The predicted octanol–water partition coefficient (Wildman–Crippen LogP) is 3.78. The molecule has 0 atom stereocenters. The minimum absolute atomic E-state index is 0.453. The Morgan fingerprint density at radius 2 is 1.93 bits per heavy atom. The monoisotopic (exact) mass is 192 g/mol. The maximum Gasteiger partial charge on any atom is 0.119 e. The lowest BCUT2D eigenvalue weighted by Crippen LogP contribution is -1.97. The summed E-state index contributed by atoms with van der Waals surface area (Å²) in [6.07, 6.45) is 2.05. The minimum atomic E-state index is 0.453. The second-order valence-corrected chi connectivity index (χ2v) is 4.18. The predicted molar refractivity (Wildman–Crippen MR) is 60.9 cm³/mol. The molecule has 0 heterocycles. The average molecular weight is 192 g/mol. The van der Waals surface area contributed by atoms with Gasteiger partial charge in [-0.2, -0.15) is 0 Å². The molecular formula is C13H20O. The largest absolute Gasteiger partial charge is 0.508 e. The lowest BCUT2D eigenvalue weighted by atomic mass is 9.92. The van der Waals surface area contributed by atoms with Crippen LogP contribution in [-0.4, -0.2) is 5.11 Å². The summed E-state index contributed by atoms with van der Waals surface area (Å²) in [5, 5.41) is 9.73. The third-order valence-electron chi connectivity index (χ3n) is 2.74. The summed E-state index contributed by atoms with van der Waals surface area (Å²) in [5.74, 6) is 0.986. The molecule has 0 radical (unpaired) electrons. The van der Waals surface area contributed by atoms with Crippen LogP contribution in [-0.2, 0) is 6.42 Å². The van der Waals surface area contributed by atoms with Crippen molar-refractivity contribution in [3.05, 3.63) is 28.8 Å². The molecule has 1 heteroatoms. The minimum Gasteiger partial charge on any atom is -0.508 e. The van der Waals surface area contributed by atoms with Gasteiger partial charge in [0.05, 0.1) is 0 Å². The van der Waals surface area contributed by atoms with E-state index in [4.69, 9.17) is 0 Å². The van der Waals surface area contributed by atoms with Gasteiger partial charge in [0.2, 0.25) is 0 Å². The molecule has 0 fully saturated rings. The van der Waals surface area contributed by atoms with Crippen LogP contribution >= 0.6 is 0 Å². The van der Waals surface area contributed by atoms with Crippen LogP contribution in [0, 0.1) is 6.92 Å². The third kappa shape index (κ3) is 2.09. The second kappa shape index (κ2) is 4.50. The Kier molecular flexibility index (Phi) is 3.56. The first-order valence-electron chi connectivity index (χ1n) is 5.39. The molecule has 14 heavy (non-hydrogen) atoms. The van der Waals surface area contributed by atoms with Crippen molar-refractivity contribution < 1.29 is 5.11 Å². The summed E-state index contributed by atoms with van der Waals surface area (Å²) >= 11 is 0. The highest BCUT2D eigenvalue weighted by Gasteiger charge is 2.10. The molecule has 0 aliphatic rings. The van der Waals surface area contributed by atoms with E-state index in [9.17, 15) is 5.11 Å². The molecule has 0 amide bonds. The summed E-state index contributed by atoms with van der Waals surface area (Å²) in [4.78, 5) is 0. The highest BCUT2D eigenvalue weighted by atomic mass is 16.3. The van der Waals surface area contributed by atoms with Crippen LogP contribution in [0.3, 0.4) is 0 Å². The van der Waals surface area contributed by atoms with Gasteiger partial charge in [0, 0.05) is 0 Å². The fraction of sp³-hybridized carbons (Fsp3) is 0.538. The van der Waals surface area contributed by atoms with Crippen LogP contribution in [0.2, 0.25) is 0 Å². The molecule has 1 N–H and O–H groups in total. The van der Waals surface area contributed by atoms with E-state index in [1.807, 2.05) is 12.1 Å². The summed E-state index contributed by atoms with van der Waals surface area (Å²) in [7, 11) is 0. The lowest BCUT2D eigenvalue weighted by molar-refractivity contribution is 0.466. The normalized spacial score (nSPS) is 10.9. The molecule has 0 saturated carbocycles. The number of phenolic OH excluding ortho intramolecular Hbond substituents is 1.